The maximum absolute atomic E-state index is 13.6. The molecule has 0 aromatic heterocycles. The van der Waals surface area contributed by atoms with Gasteiger partial charge in [0.1, 0.15) is 12.8 Å². The van der Waals surface area contributed by atoms with Crippen molar-refractivity contribution >= 4 is 17.8 Å². The molecule has 3 atom stereocenters. The SMILES string of the molecule is CC[C@H](Cl)[C@@H](C)[C@H](F)C=NOCc1ccccc1. The van der Waals surface area contributed by atoms with Gasteiger partial charge in [-0.05, 0) is 12.0 Å². The highest BCUT2D eigenvalue weighted by molar-refractivity contribution is 6.20. The first-order chi connectivity index (χ1) is 8.65. The Bertz CT molecular complexity index is 358. The van der Waals surface area contributed by atoms with Crippen LogP contribution in [0, 0.1) is 5.92 Å². The Morgan fingerprint density at radius 3 is 2.67 bits per heavy atom. The van der Waals surface area contributed by atoms with Crippen molar-refractivity contribution in [2.75, 3.05) is 0 Å². The molecule has 1 aromatic rings. The van der Waals surface area contributed by atoms with Crippen molar-refractivity contribution in [3.63, 3.8) is 0 Å². The van der Waals surface area contributed by atoms with E-state index in [2.05, 4.69) is 5.16 Å². The highest BCUT2D eigenvalue weighted by Gasteiger charge is 2.21. The predicted octanol–water partition coefficient (Wildman–Crippen LogP) is 4.18. The van der Waals surface area contributed by atoms with Crippen molar-refractivity contribution < 1.29 is 9.23 Å². The number of oxime groups is 1. The lowest BCUT2D eigenvalue weighted by molar-refractivity contribution is 0.128. The van der Waals surface area contributed by atoms with Crippen LogP contribution in [-0.4, -0.2) is 17.8 Å². The summed E-state index contributed by atoms with van der Waals surface area (Å²) in [6.07, 6.45) is 0.740. The molecular formula is C14H19ClFNO. The summed E-state index contributed by atoms with van der Waals surface area (Å²) >= 11 is 5.98. The molecular weight excluding hydrogens is 253 g/mol. The summed E-state index contributed by atoms with van der Waals surface area (Å²) in [5.74, 6) is -0.263. The lowest BCUT2D eigenvalue weighted by atomic mass is 10.0. The minimum Gasteiger partial charge on any atom is -0.391 e. The Kier molecular flexibility index (Phi) is 6.73. The minimum atomic E-state index is -1.18. The van der Waals surface area contributed by atoms with Crippen molar-refractivity contribution in [2.24, 2.45) is 11.1 Å². The summed E-state index contributed by atoms with van der Waals surface area (Å²) in [5, 5.41) is 3.47. The number of hydrogen-bond donors (Lipinski definition) is 0. The lowest BCUT2D eigenvalue weighted by Gasteiger charge is -2.17. The molecule has 4 heteroatoms. The molecule has 1 rings (SSSR count). The molecule has 18 heavy (non-hydrogen) atoms. The second-order valence-corrected chi connectivity index (χ2v) is 4.80. The third-order valence-corrected chi connectivity index (χ3v) is 3.52. The summed E-state index contributed by atoms with van der Waals surface area (Å²) in [7, 11) is 0. The number of rotatable bonds is 7. The molecule has 0 aliphatic carbocycles. The quantitative estimate of drug-likeness (QED) is 0.414. The van der Waals surface area contributed by atoms with Crippen LogP contribution in [0.15, 0.2) is 35.5 Å². The van der Waals surface area contributed by atoms with Gasteiger partial charge in [0, 0.05) is 11.3 Å². The van der Waals surface area contributed by atoms with Gasteiger partial charge in [-0.3, -0.25) is 0 Å². The monoisotopic (exact) mass is 271 g/mol. The topological polar surface area (TPSA) is 21.6 Å². The molecule has 0 unspecified atom stereocenters. The summed E-state index contributed by atoms with van der Waals surface area (Å²) in [6, 6.07) is 9.62. The highest BCUT2D eigenvalue weighted by atomic mass is 35.5. The van der Waals surface area contributed by atoms with Crippen LogP contribution in [0.1, 0.15) is 25.8 Å². The number of nitrogens with zero attached hydrogens (tertiary/aromatic N) is 1. The fourth-order valence-corrected chi connectivity index (χ4v) is 1.63. The number of halogens is 2. The fraction of sp³-hybridized carbons (Fsp3) is 0.500. The van der Waals surface area contributed by atoms with Crippen LogP contribution in [0.4, 0.5) is 4.39 Å². The van der Waals surface area contributed by atoms with Gasteiger partial charge in [-0.1, -0.05) is 49.3 Å². The first-order valence-corrected chi connectivity index (χ1v) is 6.56. The van der Waals surface area contributed by atoms with Crippen LogP contribution in [0.2, 0.25) is 0 Å². The van der Waals surface area contributed by atoms with Gasteiger partial charge in [0.05, 0.1) is 6.21 Å². The molecule has 0 heterocycles. The van der Waals surface area contributed by atoms with Crippen LogP contribution in [0.25, 0.3) is 0 Å². The van der Waals surface area contributed by atoms with Crippen molar-refractivity contribution in [2.45, 2.75) is 38.4 Å². The van der Waals surface area contributed by atoms with Crippen molar-refractivity contribution in [1.29, 1.82) is 0 Å². The normalized spacial score (nSPS) is 16.4. The molecule has 0 saturated heterocycles. The Morgan fingerprint density at radius 1 is 1.39 bits per heavy atom. The zero-order chi connectivity index (χ0) is 13.4. The molecule has 1 aromatic carbocycles. The molecule has 0 aliphatic rings. The largest absolute Gasteiger partial charge is 0.391 e. The zero-order valence-corrected chi connectivity index (χ0v) is 11.5. The van der Waals surface area contributed by atoms with E-state index in [9.17, 15) is 4.39 Å². The average molecular weight is 272 g/mol. The van der Waals surface area contributed by atoms with Crippen LogP contribution in [0.3, 0.4) is 0 Å². The highest BCUT2D eigenvalue weighted by Crippen LogP contribution is 2.19. The molecule has 0 N–H and O–H groups in total. The Morgan fingerprint density at radius 2 is 2.06 bits per heavy atom. The van der Waals surface area contributed by atoms with Gasteiger partial charge < -0.3 is 4.84 Å². The van der Waals surface area contributed by atoms with Crippen molar-refractivity contribution in [1.82, 2.24) is 0 Å². The number of hydrogen-bond acceptors (Lipinski definition) is 2. The van der Waals surface area contributed by atoms with Gasteiger partial charge >= 0.3 is 0 Å². The van der Waals surface area contributed by atoms with Crippen molar-refractivity contribution in [3.8, 4) is 0 Å². The molecule has 0 bridgehead atoms. The van der Waals surface area contributed by atoms with E-state index in [0.717, 1.165) is 12.0 Å². The summed E-state index contributed by atoms with van der Waals surface area (Å²) in [5.41, 5.74) is 1.00. The van der Waals surface area contributed by atoms with E-state index in [4.69, 9.17) is 16.4 Å². The summed E-state index contributed by atoms with van der Waals surface area (Å²) in [6.45, 7) is 4.05. The smallest absolute Gasteiger partial charge is 0.142 e. The van der Waals surface area contributed by atoms with Gasteiger partial charge in [-0.25, -0.2) is 4.39 Å². The van der Waals surface area contributed by atoms with E-state index in [1.54, 1.807) is 6.92 Å². The number of alkyl halides is 2. The Balaban J connectivity index is 2.32. The first kappa shape index (κ1) is 15.0. The maximum Gasteiger partial charge on any atom is 0.142 e. The van der Waals surface area contributed by atoms with E-state index in [1.165, 1.54) is 6.21 Å². The average Bonchev–Trinajstić information content (AvgIpc) is 2.42. The van der Waals surface area contributed by atoms with Gasteiger partial charge in [0.2, 0.25) is 0 Å². The second-order valence-electron chi connectivity index (χ2n) is 4.24. The number of benzene rings is 1. The van der Waals surface area contributed by atoms with Crippen molar-refractivity contribution in [3.05, 3.63) is 35.9 Å². The predicted molar refractivity (Wildman–Crippen MR) is 73.7 cm³/mol. The van der Waals surface area contributed by atoms with E-state index in [-0.39, 0.29) is 11.3 Å². The molecule has 0 spiro atoms. The molecule has 2 nitrogen and oxygen atoms in total. The minimum absolute atomic E-state index is 0.180. The second kappa shape index (κ2) is 8.09. The molecule has 0 saturated carbocycles. The third-order valence-electron chi connectivity index (χ3n) is 2.81. The molecule has 0 aliphatic heterocycles. The van der Waals surface area contributed by atoms with Crippen LogP contribution < -0.4 is 0 Å². The van der Waals surface area contributed by atoms with E-state index in [1.807, 2.05) is 37.3 Å². The molecule has 0 amide bonds. The third kappa shape index (κ3) is 5.05. The van der Waals surface area contributed by atoms with E-state index in [0.29, 0.717) is 6.61 Å². The Hall–Kier alpha value is -1.09. The van der Waals surface area contributed by atoms with E-state index >= 15 is 0 Å². The van der Waals surface area contributed by atoms with Gasteiger partial charge in [-0.15, -0.1) is 11.6 Å². The van der Waals surface area contributed by atoms with Crippen LogP contribution >= 0.6 is 11.6 Å². The van der Waals surface area contributed by atoms with Gasteiger partial charge in [-0.2, -0.15) is 0 Å². The Labute approximate surface area is 113 Å². The first-order valence-electron chi connectivity index (χ1n) is 6.12. The van der Waals surface area contributed by atoms with Crippen LogP contribution in [-0.2, 0) is 11.4 Å². The van der Waals surface area contributed by atoms with Gasteiger partial charge in [0.25, 0.3) is 0 Å². The zero-order valence-electron chi connectivity index (χ0n) is 10.7. The van der Waals surface area contributed by atoms with Crippen LogP contribution in [0.5, 0.6) is 0 Å². The molecule has 0 fully saturated rings. The molecule has 100 valence electrons. The van der Waals surface area contributed by atoms with Gasteiger partial charge in [0.15, 0.2) is 0 Å². The fourth-order valence-electron chi connectivity index (χ4n) is 1.49. The maximum atomic E-state index is 13.6. The van der Waals surface area contributed by atoms with E-state index < -0.39 is 6.17 Å². The standard InChI is InChI=1S/C14H19ClFNO/c1-3-13(15)11(2)14(16)9-17-18-10-12-7-5-4-6-8-12/h4-9,11,13-14H,3,10H2,1-2H3/t11-,13+,14-/m1/s1. The summed E-state index contributed by atoms with van der Waals surface area (Å²) in [4.78, 5) is 5.04. The lowest BCUT2D eigenvalue weighted by Crippen LogP contribution is -2.23. The summed E-state index contributed by atoms with van der Waals surface area (Å²) < 4.78 is 13.6. The molecule has 0 radical (unpaired) electrons.